The lowest BCUT2D eigenvalue weighted by atomic mass is 10.5. The van der Waals surface area contributed by atoms with E-state index in [2.05, 4.69) is 9.80 Å². The van der Waals surface area contributed by atoms with Crippen molar-refractivity contribution < 1.29 is 13.6 Å². The summed E-state index contributed by atoms with van der Waals surface area (Å²) in [5.74, 6) is 0. The third-order valence-electron chi connectivity index (χ3n) is 1.08. The Labute approximate surface area is 72.3 Å². The predicted molar refractivity (Wildman–Crippen MR) is 45.6 cm³/mol. The van der Waals surface area contributed by atoms with Crippen LogP contribution in [0.4, 0.5) is 0 Å². The summed E-state index contributed by atoms with van der Waals surface area (Å²) in [5.41, 5.74) is 7.89. The molecule has 6 nitrogen and oxygen atoms in total. The summed E-state index contributed by atoms with van der Waals surface area (Å²) in [6.45, 7) is 1.06. The number of likely N-dealkylation sites (N-methyl/N-ethyl adjacent to an activating group) is 1. The minimum absolute atomic E-state index is 0.331. The molecular formula is C5H13N4O2P+2. The second-order valence-corrected chi connectivity index (χ2v) is 4.18. The number of azide groups is 1. The van der Waals surface area contributed by atoms with E-state index in [0.717, 1.165) is 11.0 Å². The molecule has 0 heterocycles. The Kier molecular flexibility index (Phi) is 4.78. The summed E-state index contributed by atoms with van der Waals surface area (Å²) in [4.78, 5) is 5.27. The van der Waals surface area contributed by atoms with E-state index in [1.54, 1.807) is 0 Å². The molecule has 0 N–H and O–H groups in total. The molecule has 0 radical (unpaired) electrons. The van der Waals surface area contributed by atoms with Gasteiger partial charge in [-0.05, 0) is 4.57 Å². The summed E-state index contributed by atoms with van der Waals surface area (Å²) in [6, 6.07) is 0. The number of hydrogen-bond acceptors (Lipinski definition) is 2. The Balaban J connectivity index is 3.57. The molecule has 0 saturated carbocycles. The molecule has 0 aromatic heterocycles. The van der Waals surface area contributed by atoms with Gasteiger partial charge in [0.1, 0.15) is 6.54 Å². The summed E-state index contributed by atoms with van der Waals surface area (Å²) < 4.78 is 16.1. The van der Waals surface area contributed by atoms with Gasteiger partial charge >= 0.3 is 8.18 Å². The van der Waals surface area contributed by atoms with E-state index in [1.807, 2.05) is 21.1 Å². The molecule has 0 rings (SSSR count). The fraction of sp³-hybridized carbons (Fsp3) is 1.00. The SMILES string of the molecule is C[N+](C)(C)CCO[P+](=O)N=[N+]=[N-]. The van der Waals surface area contributed by atoms with Crippen LogP contribution < -0.4 is 0 Å². The van der Waals surface area contributed by atoms with Gasteiger partial charge in [0.25, 0.3) is 0 Å². The Hall–Kier alpha value is -0.670. The first-order valence-corrected chi connectivity index (χ1v) is 4.54. The van der Waals surface area contributed by atoms with Gasteiger partial charge in [0.05, 0.1) is 21.1 Å². The molecule has 1 atom stereocenters. The number of nitrogens with zero attached hydrogens (tertiary/aromatic N) is 4. The molecule has 12 heavy (non-hydrogen) atoms. The van der Waals surface area contributed by atoms with Crippen molar-refractivity contribution in [2.75, 3.05) is 34.3 Å². The molecule has 0 spiro atoms. The van der Waals surface area contributed by atoms with Gasteiger partial charge in [-0.2, -0.15) is 0 Å². The molecule has 0 aliphatic rings. The van der Waals surface area contributed by atoms with Crippen LogP contribution in [0.3, 0.4) is 0 Å². The van der Waals surface area contributed by atoms with Gasteiger partial charge < -0.3 is 4.48 Å². The third kappa shape index (κ3) is 7.44. The quantitative estimate of drug-likeness (QED) is 0.218. The maximum absolute atomic E-state index is 10.6. The topological polar surface area (TPSA) is 75.1 Å². The van der Waals surface area contributed by atoms with Crippen LogP contribution in [0, 0.1) is 0 Å². The van der Waals surface area contributed by atoms with E-state index in [-0.39, 0.29) is 0 Å². The zero-order valence-electron chi connectivity index (χ0n) is 7.47. The first kappa shape index (κ1) is 11.3. The lowest BCUT2D eigenvalue weighted by molar-refractivity contribution is -0.870. The van der Waals surface area contributed by atoms with Crippen LogP contribution in [0.2, 0.25) is 0 Å². The van der Waals surface area contributed by atoms with Gasteiger partial charge in [-0.15, -0.1) is 4.52 Å². The largest absolute Gasteiger partial charge is 0.639 e. The Morgan fingerprint density at radius 1 is 1.58 bits per heavy atom. The van der Waals surface area contributed by atoms with Crippen molar-refractivity contribution in [1.29, 1.82) is 0 Å². The van der Waals surface area contributed by atoms with Crippen LogP contribution >= 0.6 is 8.18 Å². The van der Waals surface area contributed by atoms with Crippen molar-refractivity contribution >= 4 is 8.18 Å². The van der Waals surface area contributed by atoms with Gasteiger partial charge in [0, 0.05) is 10.4 Å². The van der Waals surface area contributed by atoms with E-state index in [1.165, 1.54) is 0 Å². The minimum Gasteiger partial charge on any atom is -0.329 e. The molecule has 0 bridgehead atoms. The van der Waals surface area contributed by atoms with Gasteiger partial charge in [-0.1, -0.05) is 0 Å². The fourth-order valence-corrected chi connectivity index (χ4v) is 0.806. The van der Waals surface area contributed by atoms with Crippen molar-refractivity contribution in [1.82, 2.24) is 0 Å². The average molecular weight is 192 g/mol. The monoisotopic (exact) mass is 192 g/mol. The Morgan fingerprint density at radius 3 is 2.58 bits per heavy atom. The lowest BCUT2D eigenvalue weighted by Gasteiger charge is -2.21. The number of rotatable bonds is 5. The highest BCUT2D eigenvalue weighted by Gasteiger charge is 2.17. The van der Waals surface area contributed by atoms with Crippen molar-refractivity contribution in [2.24, 2.45) is 4.88 Å². The maximum atomic E-state index is 10.6. The second kappa shape index (κ2) is 5.06. The van der Waals surface area contributed by atoms with E-state index in [4.69, 9.17) is 10.1 Å². The van der Waals surface area contributed by atoms with E-state index >= 15 is 0 Å². The van der Waals surface area contributed by atoms with Crippen molar-refractivity contribution in [3.05, 3.63) is 10.4 Å². The third-order valence-corrected chi connectivity index (χ3v) is 1.71. The van der Waals surface area contributed by atoms with E-state index in [0.29, 0.717) is 6.61 Å². The zero-order valence-corrected chi connectivity index (χ0v) is 8.36. The first-order valence-electron chi connectivity index (χ1n) is 3.41. The van der Waals surface area contributed by atoms with Crippen LogP contribution in [0.1, 0.15) is 0 Å². The molecule has 0 saturated heterocycles. The van der Waals surface area contributed by atoms with Crippen molar-refractivity contribution in [3.8, 4) is 0 Å². The predicted octanol–water partition coefficient (Wildman–Crippen LogP) is 1.68. The van der Waals surface area contributed by atoms with Gasteiger partial charge in [0.2, 0.25) is 0 Å². The minimum atomic E-state index is -2.19. The van der Waals surface area contributed by atoms with Crippen LogP contribution in [0.15, 0.2) is 4.88 Å². The summed E-state index contributed by atoms with van der Waals surface area (Å²) in [5, 5.41) is 0. The highest BCUT2D eigenvalue weighted by Crippen LogP contribution is 2.23. The Bertz CT molecular complexity index is 206. The highest BCUT2D eigenvalue weighted by atomic mass is 31.1. The molecule has 0 aromatic rings. The molecule has 0 amide bonds. The van der Waals surface area contributed by atoms with Crippen LogP contribution in [-0.2, 0) is 9.09 Å². The summed E-state index contributed by atoms with van der Waals surface area (Å²) in [6.07, 6.45) is 0. The molecule has 0 aliphatic heterocycles. The summed E-state index contributed by atoms with van der Waals surface area (Å²) >= 11 is 0. The molecule has 0 fully saturated rings. The molecule has 1 unspecified atom stereocenters. The number of hydrogen-bond donors (Lipinski definition) is 0. The summed E-state index contributed by atoms with van der Waals surface area (Å²) in [7, 11) is 3.78. The van der Waals surface area contributed by atoms with Gasteiger partial charge in [0.15, 0.2) is 11.5 Å². The van der Waals surface area contributed by atoms with Crippen molar-refractivity contribution in [3.63, 3.8) is 0 Å². The maximum Gasteiger partial charge on any atom is 0.639 e. The molecule has 68 valence electrons. The van der Waals surface area contributed by atoms with Crippen molar-refractivity contribution in [2.45, 2.75) is 0 Å². The van der Waals surface area contributed by atoms with E-state index in [9.17, 15) is 4.57 Å². The smallest absolute Gasteiger partial charge is 0.329 e. The Morgan fingerprint density at radius 2 is 2.17 bits per heavy atom. The normalized spacial score (nSPS) is 12.1. The highest BCUT2D eigenvalue weighted by molar-refractivity contribution is 7.37. The zero-order chi connectivity index (χ0) is 9.61. The van der Waals surface area contributed by atoms with Crippen LogP contribution in [-0.4, -0.2) is 38.8 Å². The second-order valence-electron chi connectivity index (χ2n) is 3.26. The average Bonchev–Trinajstić information content (AvgIpc) is 1.84. The first-order chi connectivity index (χ1) is 5.45. The van der Waals surface area contributed by atoms with Gasteiger partial charge in [-0.25, -0.2) is 0 Å². The van der Waals surface area contributed by atoms with Crippen LogP contribution in [0.5, 0.6) is 0 Å². The van der Waals surface area contributed by atoms with Crippen LogP contribution in [0.25, 0.3) is 10.4 Å². The molecule has 7 heteroatoms. The lowest BCUT2D eigenvalue weighted by Crippen LogP contribution is -2.37. The molecule has 0 aromatic carbocycles. The molecule has 0 aliphatic carbocycles. The molecular weight excluding hydrogens is 179 g/mol. The standard InChI is InChI=1S/C5H13N4O2P/c1-9(2,3)4-5-11-12(10)8-7-6/h4-5H2,1-3H3/q+2. The fourth-order valence-electron chi connectivity index (χ4n) is 0.451. The van der Waals surface area contributed by atoms with E-state index < -0.39 is 8.18 Å². The van der Waals surface area contributed by atoms with Gasteiger partial charge in [-0.3, -0.25) is 0 Å². The number of quaternary nitrogens is 1.